The normalized spacial score (nSPS) is 11.7. The van der Waals surface area contributed by atoms with Gasteiger partial charge in [-0.3, -0.25) is 0 Å². The molecule has 0 aliphatic carbocycles. The molecule has 0 spiro atoms. The lowest BCUT2D eigenvalue weighted by Crippen LogP contribution is -2.18. The molecule has 20 heavy (non-hydrogen) atoms. The first kappa shape index (κ1) is 14.0. The summed E-state index contributed by atoms with van der Waals surface area (Å²) in [4.78, 5) is 3.96. The number of pyridine rings is 1. The van der Waals surface area contributed by atoms with Gasteiger partial charge in [-0.2, -0.15) is 5.26 Å². The van der Waals surface area contributed by atoms with Crippen molar-refractivity contribution in [2.24, 2.45) is 0 Å². The molecule has 2 aromatic rings. The summed E-state index contributed by atoms with van der Waals surface area (Å²) in [6.07, 6.45) is 1.66. The number of methoxy groups -OCH3 is 1. The second-order valence-corrected chi connectivity index (χ2v) is 4.51. The molecule has 102 valence electrons. The van der Waals surface area contributed by atoms with Gasteiger partial charge in [0.05, 0.1) is 7.11 Å². The van der Waals surface area contributed by atoms with Crippen molar-refractivity contribution in [3.05, 3.63) is 59.4 Å². The van der Waals surface area contributed by atoms with E-state index in [0.717, 1.165) is 16.9 Å². The Morgan fingerprint density at radius 1 is 1.35 bits per heavy atom. The van der Waals surface area contributed by atoms with E-state index in [-0.39, 0.29) is 6.04 Å². The molecule has 1 aromatic heterocycles. The van der Waals surface area contributed by atoms with Crippen LogP contribution in [0.2, 0.25) is 0 Å². The molecule has 0 aliphatic heterocycles. The predicted octanol–water partition coefficient (Wildman–Crippen LogP) is 2.81. The van der Waals surface area contributed by atoms with Crippen molar-refractivity contribution in [1.82, 2.24) is 10.3 Å². The zero-order valence-electron chi connectivity index (χ0n) is 11.6. The minimum absolute atomic E-state index is 0.157. The van der Waals surface area contributed by atoms with E-state index in [1.807, 2.05) is 36.4 Å². The molecule has 0 amide bonds. The fourth-order valence-corrected chi connectivity index (χ4v) is 2.05. The van der Waals surface area contributed by atoms with Gasteiger partial charge >= 0.3 is 0 Å². The van der Waals surface area contributed by atoms with Crippen LogP contribution in [0.5, 0.6) is 5.75 Å². The molecule has 1 N–H and O–H groups in total. The van der Waals surface area contributed by atoms with Gasteiger partial charge in [-0.25, -0.2) is 4.98 Å². The highest BCUT2D eigenvalue weighted by molar-refractivity contribution is 5.35. The molecule has 4 nitrogen and oxygen atoms in total. The van der Waals surface area contributed by atoms with Crippen LogP contribution in [0.3, 0.4) is 0 Å². The summed E-state index contributed by atoms with van der Waals surface area (Å²) in [5.41, 5.74) is 2.59. The number of para-hydroxylation sites is 1. The first-order chi connectivity index (χ1) is 9.74. The van der Waals surface area contributed by atoms with E-state index < -0.39 is 0 Å². The first-order valence-electron chi connectivity index (χ1n) is 6.46. The Hall–Kier alpha value is -2.38. The smallest absolute Gasteiger partial charge is 0.140 e. The second kappa shape index (κ2) is 6.69. The van der Waals surface area contributed by atoms with Crippen LogP contribution in [0.4, 0.5) is 0 Å². The number of nitrogens with one attached hydrogen (secondary N) is 1. The van der Waals surface area contributed by atoms with Crippen molar-refractivity contribution in [3.8, 4) is 11.8 Å². The van der Waals surface area contributed by atoms with Crippen LogP contribution in [-0.4, -0.2) is 12.1 Å². The van der Waals surface area contributed by atoms with Crippen LogP contribution in [0.15, 0.2) is 42.6 Å². The summed E-state index contributed by atoms with van der Waals surface area (Å²) in [6, 6.07) is 13.9. The van der Waals surface area contributed by atoms with E-state index >= 15 is 0 Å². The Balaban J connectivity index is 2.05. The van der Waals surface area contributed by atoms with Crippen molar-refractivity contribution in [2.45, 2.75) is 19.5 Å². The van der Waals surface area contributed by atoms with Crippen molar-refractivity contribution in [3.63, 3.8) is 0 Å². The van der Waals surface area contributed by atoms with Crippen molar-refractivity contribution >= 4 is 0 Å². The zero-order chi connectivity index (χ0) is 14.4. The van der Waals surface area contributed by atoms with E-state index in [1.165, 1.54) is 0 Å². The van der Waals surface area contributed by atoms with Gasteiger partial charge in [-0.15, -0.1) is 0 Å². The zero-order valence-corrected chi connectivity index (χ0v) is 11.6. The molecule has 1 aromatic carbocycles. The fraction of sp³-hybridized carbons (Fsp3) is 0.250. The van der Waals surface area contributed by atoms with Gasteiger partial charge in [-0.05, 0) is 30.7 Å². The fourth-order valence-electron chi connectivity index (χ4n) is 2.05. The standard InChI is InChI=1S/C16H17N3O/c1-12(15-5-3-4-6-16(15)20-2)19-11-13-7-8-18-14(9-13)10-17/h3-9,12,19H,11H2,1-2H3/t12-/m0/s1. The minimum atomic E-state index is 0.157. The minimum Gasteiger partial charge on any atom is -0.496 e. The van der Waals surface area contributed by atoms with Crippen molar-refractivity contribution in [1.29, 1.82) is 5.26 Å². The van der Waals surface area contributed by atoms with Gasteiger partial charge in [0.15, 0.2) is 0 Å². The van der Waals surface area contributed by atoms with E-state index in [2.05, 4.69) is 17.2 Å². The van der Waals surface area contributed by atoms with E-state index in [1.54, 1.807) is 19.4 Å². The van der Waals surface area contributed by atoms with Crippen LogP contribution in [0, 0.1) is 11.3 Å². The Kier molecular flexibility index (Phi) is 4.70. The lowest BCUT2D eigenvalue weighted by atomic mass is 10.1. The molecule has 0 radical (unpaired) electrons. The molecule has 0 saturated carbocycles. The maximum absolute atomic E-state index is 8.84. The van der Waals surface area contributed by atoms with Gasteiger partial charge in [0.25, 0.3) is 0 Å². The molecular formula is C16H17N3O. The topological polar surface area (TPSA) is 57.9 Å². The molecule has 0 aliphatic rings. The number of rotatable bonds is 5. The first-order valence-corrected chi connectivity index (χ1v) is 6.46. The van der Waals surface area contributed by atoms with Crippen molar-refractivity contribution in [2.75, 3.05) is 7.11 Å². The molecule has 2 rings (SSSR count). The third kappa shape index (κ3) is 3.34. The Morgan fingerprint density at radius 2 is 2.15 bits per heavy atom. The third-order valence-corrected chi connectivity index (χ3v) is 3.16. The molecule has 1 heterocycles. The average Bonchev–Trinajstić information content (AvgIpc) is 2.52. The number of hydrogen-bond acceptors (Lipinski definition) is 4. The van der Waals surface area contributed by atoms with Crippen LogP contribution < -0.4 is 10.1 Å². The molecule has 0 bridgehead atoms. The van der Waals surface area contributed by atoms with Gasteiger partial charge in [0.1, 0.15) is 17.5 Å². The van der Waals surface area contributed by atoms with Crippen LogP contribution in [-0.2, 0) is 6.54 Å². The summed E-state index contributed by atoms with van der Waals surface area (Å²) in [7, 11) is 1.67. The van der Waals surface area contributed by atoms with Gasteiger partial charge in [0, 0.05) is 24.3 Å². The molecule has 0 saturated heterocycles. The summed E-state index contributed by atoms with van der Waals surface area (Å²) < 4.78 is 5.36. The number of nitrogens with zero attached hydrogens (tertiary/aromatic N) is 2. The number of ether oxygens (including phenoxy) is 1. The van der Waals surface area contributed by atoms with Crippen LogP contribution in [0.25, 0.3) is 0 Å². The Morgan fingerprint density at radius 3 is 2.90 bits per heavy atom. The maximum Gasteiger partial charge on any atom is 0.140 e. The number of aromatic nitrogens is 1. The molecule has 4 heteroatoms. The number of benzene rings is 1. The Bertz CT molecular complexity index is 619. The summed E-state index contributed by atoms with van der Waals surface area (Å²) in [6.45, 7) is 2.76. The third-order valence-electron chi connectivity index (χ3n) is 3.16. The SMILES string of the molecule is COc1ccccc1[C@H](C)NCc1ccnc(C#N)c1. The number of hydrogen-bond donors (Lipinski definition) is 1. The molecule has 1 atom stereocenters. The van der Waals surface area contributed by atoms with Gasteiger partial charge < -0.3 is 10.1 Å². The van der Waals surface area contributed by atoms with Gasteiger partial charge in [-0.1, -0.05) is 18.2 Å². The largest absolute Gasteiger partial charge is 0.496 e. The molecular weight excluding hydrogens is 250 g/mol. The van der Waals surface area contributed by atoms with E-state index in [4.69, 9.17) is 10.00 Å². The lowest BCUT2D eigenvalue weighted by Gasteiger charge is -2.17. The van der Waals surface area contributed by atoms with Crippen molar-refractivity contribution < 1.29 is 4.74 Å². The van der Waals surface area contributed by atoms with Gasteiger partial charge in [0.2, 0.25) is 0 Å². The Labute approximate surface area is 119 Å². The summed E-state index contributed by atoms with van der Waals surface area (Å²) in [5.74, 6) is 0.875. The average molecular weight is 267 g/mol. The quantitative estimate of drug-likeness (QED) is 0.905. The monoisotopic (exact) mass is 267 g/mol. The highest BCUT2D eigenvalue weighted by Gasteiger charge is 2.10. The summed E-state index contributed by atoms with van der Waals surface area (Å²) in [5, 5.41) is 12.3. The highest BCUT2D eigenvalue weighted by atomic mass is 16.5. The van der Waals surface area contributed by atoms with Crippen LogP contribution in [0.1, 0.15) is 29.8 Å². The maximum atomic E-state index is 8.84. The van der Waals surface area contributed by atoms with E-state index in [9.17, 15) is 0 Å². The predicted molar refractivity (Wildman–Crippen MR) is 77.2 cm³/mol. The number of nitriles is 1. The molecule has 0 fully saturated rings. The van der Waals surface area contributed by atoms with Crippen LogP contribution >= 0.6 is 0 Å². The molecule has 0 unspecified atom stereocenters. The summed E-state index contributed by atoms with van der Waals surface area (Å²) >= 11 is 0. The lowest BCUT2D eigenvalue weighted by molar-refractivity contribution is 0.401. The second-order valence-electron chi connectivity index (χ2n) is 4.51. The van der Waals surface area contributed by atoms with E-state index in [0.29, 0.717) is 12.2 Å². The highest BCUT2D eigenvalue weighted by Crippen LogP contribution is 2.24.